The molecule has 1 heterocycles. The van der Waals surface area contributed by atoms with Crippen LogP contribution in [0.15, 0.2) is 24.4 Å². The number of aromatic nitrogens is 3. The van der Waals surface area contributed by atoms with Crippen molar-refractivity contribution in [3.63, 3.8) is 0 Å². The predicted molar refractivity (Wildman–Crippen MR) is 80.4 cm³/mol. The van der Waals surface area contributed by atoms with E-state index in [1.54, 1.807) is 20.8 Å². The molecule has 0 spiro atoms. The third-order valence-corrected chi connectivity index (χ3v) is 3.13. The maximum atomic E-state index is 12.9. The van der Waals surface area contributed by atoms with Gasteiger partial charge in [-0.25, -0.2) is 4.68 Å². The van der Waals surface area contributed by atoms with Gasteiger partial charge in [-0.3, -0.25) is 4.79 Å². The van der Waals surface area contributed by atoms with Gasteiger partial charge >= 0.3 is 12.1 Å². The molecule has 6 nitrogen and oxygen atoms in total. The molecule has 0 unspecified atom stereocenters. The minimum atomic E-state index is -4.56. The van der Waals surface area contributed by atoms with E-state index in [1.165, 1.54) is 16.9 Å². The molecule has 0 atom stereocenters. The Morgan fingerprint density at radius 1 is 1.29 bits per heavy atom. The zero-order valence-corrected chi connectivity index (χ0v) is 13.4. The van der Waals surface area contributed by atoms with Gasteiger partial charge in [0.25, 0.3) is 0 Å². The highest BCUT2D eigenvalue weighted by atomic mass is 19.4. The van der Waals surface area contributed by atoms with E-state index >= 15 is 0 Å². The first-order valence-corrected chi connectivity index (χ1v) is 7.03. The van der Waals surface area contributed by atoms with Crippen molar-refractivity contribution in [3.8, 4) is 11.3 Å². The first-order chi connectivity index (χ1) is 11.0. The molecule has 0 aliphatic heterocycles. The number of rotatable bonds is 3. The molecule has 0 aliphatic rings. The standard InChI is InChI=1S/C15H17F3N4O2/c1-14(2,3)13(23)24-8-22-7-12(20-21-22)9-4-5-11(19)10(6-9)15(16,17)18/h4-7H,8,19H2,1-3H3. The van der Waals surface area contributed by atoms with Gasteiger partial charge in [-0.15, -0.1) is 5.10 Å². The number of nitrogen functional groups attached to an aromatic ring is 1. The summed E-state index contributed by atoms with van der Waals surface area (Å²) in [4.78, 5) is 11.7. The van der Waals surface area contributed by atoms with Gasteiger partial charge in [-0.05, 0) is 32.9 Å². The van der Waals surface area contributed by atoms with Crippen LogP contribution in [0.4, 0.5) is 18.9 Å². The largest absolute Gasteiger partial charge is 0.442 e. The summed E-state index contributed by atoms with van der Waals surface area (Å²) in [6.07, 6.45) is -3.17. The second-order valence-corrected chi connectivity index (χ2v) is 6.25. The van der Waals surface area contributed by atoms with Crippen LogP contribution in [0.3, 0.4) is 0 Å². The molecular weight excluding hydrogens is 325 g/mol. The first-order valence-electron chi connectivity index (χ1n) is 7.03. The summed E-state index contributed by atoms with van der Waals surface area (Å²) in [7, 11) is 0. The number of hydrogen-bond donors (Lipinski definition) is 1. The van der Waals surface area contributed by atoms with Crippen LogP contribution >= 0.6 is 0 Å². The van der Waals surface area contributed by atoms with E-state index < -0.39 is 23.1 Å². The summed E-state index contributed by atoms with van der Waals surface area (Å²) in [5, 5.41) is 7.53. The number of halogens is 3. The van der Waals surface area contributed by atoms with Crippen LogP contribution in [-0.2, 0) is 22.4 Å². The molecule has 0 fully saturated rings. The average Bonchev–Trinajstić information content (AvgIpc) is 2.91. The molecule has 0 aliphatic carbocycles. The molecule has 0 bridgehead atoms. The highest BCUT2D eigenvalue weighted by Crippen LogP contribution is 2.35. The molecule has 2 N–H and O–H groups in total. The topological polar surface area (TPSA) is 83.0 Å². The Morgan fingerprint density at radius 2 is 1.96 bits per heavy atom. The van der Waals surface area contributed by atoms with Crippen molar-refractivity contribution in [2.24, 2.45) is 5.41 Å². The quantitative estimate of drug-likeness (QED) is 0.684. The zero-order valence-electron chi connectivity index (χ0n) is 13.4. The van der Waals surface area contributed by atoms with E-state index in [1.807, 2.05) is 0 Å². The lowest BCUT2D eigenvalue weighted by molar-refractivity contribution is -0.157. The van der Waals surface area contributed by atoms with Crippen molar-refractivity contribution in [1.82, 2.24) is 15.0 Å². The minimum absolute atomic E-state index is 0.176. The number of carbonyl (C=O) groups is 1. The van der Waals surface area contributed by atoms with Gasteiger partial charge in [0, 0.05) is 11.3 Å². The number of nitrogens with zero attached hydrogens (tertiary/aromatic N) is 3. The summed E-state index contributed by atoms with van der Waals surface area (Å²) in [6, 6.07) is 3.49. The van der Waals surface area contributed by atoms with E-state index in [-0.39, 0.29) is 23.7 Å². The van der Waals surface area contributed by atoms with E-state index in [0.29, 0.717) is 0 Å². The number of hydrogen-bond acceptors (Lipinski definition) is 5. The van der Waals surface area contributed by atoms with Crippen LogP contribution < -0.4 is 5.73 Å². The molecule has 24 heavy (non-hydrogen) atoms. The molecule has 0 saturated carbocycles. The number of carbonyl (C=O) groups excluding carboxylic acids is 1. The number of benzene rings is 1. The zero-order chi connectivity index (χ0) is 18.1. The van der Waals surface area contributed by atoms with Crippen LogP contribution in [0.2, 0.25) is 0 Å². The Balaban J connectivity index is 2.18. The van der Waals surface area contributed by atoms with E-state index in [0.717, 1.165) is 12.1 Å². The highest BCUT2D eigenvalue weighted by molar-refractivity contribution is 5.75. The Kier molecular flexibility index (Phi) is 4.54. The van der Waals surface area contributed by atoms with Crippen LogP contribution in [0, 0.1) is 5.41 Å². The van der Waals surface area contributed by atoms with Crippen LogP contribution in [0.1, 0.15) is 26.3 Å². The second-order valence-electron chi connectivity index (χ2n) is 6.25. The summed E-state index contributed by atoms with van der Waals surface area (Å²) < 4.78 is 45.0. The highest BCUT2D eigenvalue weighted by Gasteiger charge is 2.33. The predicted octanol–water partition coefficient (Wildman–Crippen LogP) is 3.09. The number of anilines is 1. The van der Waals surface area contributed by atoms with Crippen molar-refractivity contribution in [2.45, 2.75) is 33.7 Å². The minimum Gasteiger partial charge on any atom is -0.442 e. The molecule has 1 aromatic heterocycles. The van der Waals surface area contributed by atoms with Gasteiger partial charge in [0.1, 0.15) is 5.69 Å². The fraction of sp³-hybridized carbons (Fsp3) is 0.400. The molecule has 0 amide bonds. The first kappa shape index (κ1) is 17.8. The molecule has 130 valence electrons. The van der Waals surface area contributed by atoms with E-state index in [4.69, 9.17) is 10.5 Å². The number of alkyl halides is 3. The Labute approximate surface area is 136 Å². The maximum Gasteiger partial charge on any atom is 0.418 e. The van der Waals surface area contributed by atoms with Gasteiger partial charge in [0.15, 0.2) is 6.73 Å². The Bertz CT molecular complexity index is 748. The third kappa shape index (κ3) is 4.03. The van der Waals surface area contributed by atoms with Crippen molar-refractivity contribution in [2.75, 3.05) is 5.73 Å². The summed E-state index contributed by atoms with van der Waals surface area (Å²) in [5.41, 5.74) is 3.83. The lowest BCUT2D eigenvalue weighted by atomic mass is 9.98. The van der Waals surface area contributed by atoms with Crippen molar-refractivity contribution >= 4 is 11.7 Å². The van der Waals surface area contributed by atoms with Gasteiger partial charge in [-0.1, -0.05) is 11.3 Å². The van der Waals surface area contributed by atoms with Crippen LogP contribution in [0.25, 0.3) is 11.3 Å². The Morgan fingerprint density at radius 3 is 2.54 bits per heavy atom. The molecule has 0 radical (unpaired) electrons. The van der Waals surface area contributed by atoms with Crippen molar-refractivity contribution in [1.29, 1.82) is 0 Å². The maximum absolute atomic E-state index is 12.9. The third-order valence-electron chi connectivity index (χ3n) is 3.13. The fourth-order valence-electron chi connectivity index (χ4n) is 1.80. The molecular formula is C15H17F3N4O2. The SMILES string of the molecule is CC(C)(C)C(=O)OCn1cc(-c2ccc(N)c(C(F)(F)F)c2)nn1. The van der Waals surface area contributed by atoms with Crippen molar-refractivity contribution < 1.29 is 22.7 Å². The Hall–Kier alpha value is -2.58. The van der Waals surface area contributed by atoms with Gasteiger partial charge in [0.2, 0.25) is 0 Å². The molecule has 2 aromatic rings. The van der Waals surface area contributed by atoms with Crippen LogP contribution in [-0.4, -0.2) is 21.0 Å². The monoisotopic (exact) mass is 342 g/mol. The summed E-state index contributed by atoms with van der Waals surface area (Å²) in [5.74, 6) is -0.425. The van der Waals surface area contributed by atoms with Gasteiger partial charge < -0.3 is 10.5 Å². The lowest BCUT2D eigenvalue weighted by Gasteiger charge is -2.16. The summed E-state index contributed by atoms with van der Waals surface area (Å²) in [6.45, 7) is 4.93. The average molecular weight is 342 g/mol. The number of ether oxygens (including phenoxy) is 1. The normalized spacial score (nSPS) is 12.2. The molecule has 1 aromatic carbocycles. The molecule has 2 rings (SSSR count). The van der Waals surface area contributed by atoms with E-state index in [9.17, 15) is 18.0 Å². The van der Waals surface area contributed by atoms with Gasteiger partial charge in [-0.2, -0.15) is 13.2 Å². The molecule has 9 heteroatoms. The smallest absolute Gasteiger partial charge is 0.418 e. The number of nitrogens with two attached hydrogens (primary N) is 1. The molecule has 0 saturated heterocycles. The summed E-state index contributed by atoms with van der Waals surface area (Å²) >= 11 is 0. The van der Waals surface area contributed by atoms with E-state index in [2.05, 4.69) is 10.3 Å². The lowest BCUT2D eigenvalue weighted by Crippen LogP contribution is -2.24. The number of esters is 1. The van der Waals surface area contributed by atoms with Crippen molar-refractivity contribution in [3.05, 3.63) is 30.0 Å². The van der Waals surface area contributed by atoms with Gasteiger partial charge in [0.05, 0.1) is 17.2 Å². The second kappa shape index (κ2) is 6.14. The fourth-order valence-corrected chi connectivity index (χ4v) is 1.80. The van der Waals surface area contributed by atoms with Crippen LogP contribution in [0.5, 0.6) is 0 Å².